The van der Waals surface area contributed by atoms with Crippen molar-refractivity contribution in [2.24, 2.45) is 0 Å². The number of alkyl halides is 3. The van der Waals surface area contributed by atoms with E-state index in [0.29, 0.717) is 0 Å². The average molecular weight is 417 g/mol. The van der Waals surface area contributed by atoms with Crippen LogP contribution in [0.4, 0.5) is 13.2 Å². The second kappa shape index (κ2) is 7.16. The summed E-state index contributed by atoms with van der Waals surface area (Å²) in [6.45, 7) is 0. The number of carbonyl (C=O) groups is 2. The Morgan fingerprint density at radius 3 is 2.33 bits per heavy atom. The average Bonchev–Trinajstić information content (AvgIpc) is 3.26. The molecule has 0 amide bonds. The molecule has 0 bridgehead atoms. The Labute approximate surface area is 158 Å². The van der Waals surface area contributed by atoms with Crippen LogP contribution in [0.5, 0.6) is 11.5 Å². The zero-order valence-corrected chi connectivity index (χ0v) is 15.4. The number of methoxy groups -OCH3 is 2. The number of fused-ring (bicyclic) bond motifs is 1. The number of carbonyl (C=O) groups excluding carboxylic acids is 2. The molecular formula is C16H10F3NO5S2. The van der Waals surface area contributed by atoms with Crippen molar-refractivity contribution in [3.05, 3.63) is 38.3 Å². The van der Waals surface area contributed by atoms with E-state index in [4.69, 9.17) is 4.74 Å². The number of halogens is 3. The molecule has 3 rings (SSSR count). The third-order valence-corrected chi connectivity index (χ3v) is 5.24. The van der Waals surface area contributed by atoms with Gasteiger partial charge in [0, 0.05) is 11.4 Å². The lowest BCUT2D eigenvalue weighted by Gasteiger charge is -2.11. The second-order valence-corrected chi connectivity index (χ2v) is 6.83. The summed E-state index contributed by atoms with van der Waals surface area (Å²) in [5, 5.41) is 3.17. The molecule has 3 aromatic rings. The molecule has 0 fully saturated rings. The van der Waals surface area contributed by atoms with E-state index in [1.54, 1.807) is 0 Å². The van der Waals surface area contributed by atoms with Gasteiger partial charge in [-0.15, -0.1) is 22.7 Å². The number of nitrogens with zero attached hydrogens (tertiary/aromatic N) is 1. The largest absolute Gasteiger partial charge is 0.465 e. The van der Waals surface area contributed by atoms with Crippen LogP contribution < -0.4 is 4.74 Å². The van der Waals surface area contributed by atoms with E-state index >= 15 is 0 Å². The van der Waals surface area contributed by atoms with Gasteiger partial charge < -0.3 is 14.2 Å². The highest BCUT2D eigenvalue weighted by Gasteiger charge is 2.35. The molecule has 6 nitrogen and oxygen atoms in total. The van der Waals surface area contributed by atoms with Crippen molar-refractivity contribution in [3.63, 3.8) is 0 Å². The number of esters is 2. The highest BCUT2D eigenvalue weighted by Crippen LogP contribution is 2.40. The smallest absolute Gasteiger partial charge is 0.433 e. The Morgan fingerprint density at radius 2 is 1.70 bits per heavy atom. The summed E-state index contributed by atoms with van der Waals surface area (Å²) in [6.07, 6.45) is -4.76. The van der Waals surface area contributed by atoms with E-state index in [1.165, 1.54) is 23.9 Å². The van der Waals surface area contributed by atoms with Gasteiger partial charge >= 0.3 is 18.1 Å². The minimum absolute atomic E-state index is 0.0401. The monoisotopic (exact) mass is 417 g/mol. The van der Waals surface area contributed by atoms with Gasteiger partial charge in [0.2, 0.25) is 0 Å². The number of rotatable bonds is 4. The summed E-state index contributed by atoms with van der Waals surface area (Å²) in [4.78, 5) is 27.2. The highest BCUT2D eigenvalue weighted by molar-refractivity contribution is 7.13. The van der Waals surface area contributed by atoms with Crippen molar-refractivity contribution in [3.8, 4) is 11.5 Å². The maximum Gasteiger partial charge on any atom is 0.433 e. The molecule has 0 aliphatic rings. The lowest BCUT2D eigenvalue weighted by molar-refractivity contribution is -0.141. The van der Waals surface area contributed by atoms with Crippen LogP contribution in [0.15, 0.2) is 22.9 Å². The SMILES string of the molecule is COC(=O)c1sccc1Oc1cc(C(F)(F)F)nc2c(C(=O)OC)scc12. The van der Waals surface area contributed by atoms with Crippen molar-refractivity contribution in [1.82, 2.24) is 4.98 Å². The van der Waals surface area contributed by atoms with Crippen molar-refractivity contribution >= 4 is 45.5 Å². The summed E-state index contributed by atoms with van der Waals surface area (Å²) >= 11 is 1.90. The van der Waals surface area contributed by atoms with E-state index in [2.05, 4.69) is 14.5 Å². The number of aromatic nitrogens is 1. The Morgan fingerprint density at radius 1 is 1.04 bits per heavy atom. The lowest BCUT2D eigenvalue weighted by Crippen LogP contribution is -2.09. The molecule has 0 atom stereocenters. The van der Waals surface area contributed by atoms with Crippen LogP contribution in [0.1, 0.15) is 25.0 Å². The molecule has 0 saturated heterocycles. The minimum Gasteiger partial charge on any atom is -0.465 e. The number of hydrogen-bond acceptors (Lipinski definition) is 8. The van der Waals surface area contributed by atoms with Crippen LogP contribution in [0.3, 0.4) is 0 Å². The number of pyridine rings is 1. The summed E-state index contributed by atoms with van der Waals surface area (Å²) in [6, 6.07) is 2.15. The van der Waals surface area contributed by atoms with Gasteiger partial charge in [-0.1, -0.05) is 0 Å². The highest BCUT2D eigenvalue weighted by atomic mass is 32.1. The first-order chi connectivity index (χ1) is 12.8. The maximum atomic E-state index is 13.3. The van der Waals surface area contributed by atoms with Crippen LogP contribution >= 0.6 is 22.7 Å². The van der Waals surface area contributed by atoms with Gasteiger partial charge in [0.1, 0.15) is 21.8 Å². The predicted octanol–water partition coefficient (Wildman–Crippen LogP) is 4.74. The van der Waals surface area contributed by atoms with E-state index in [9.17, 15) is 22.8 Å². The van der Waals surface area contributed by atoms with Crippen LogP contribution in [-0.4, -0.2) is 31.1 Å². The fraction of sp³-hybridized carbons (Fsp3) is 0.188. The topological polar surface area (TPSA) is 74.7 Å². The van der Waals surface area contributed by atoms with E-state index < -0.39 is 23.8 Å². The number of hydrogen-bond donors (Lipinski definition) is 0. The van der Waals surface area contributed by atoms with Crippen LogP contribution in [0, 0.1) is 0 Å². The Kier molecular flexibility index (Phi) is 5.07. The summed E-state index contributed by atoms with van der Waals surface area (Å²) in [5.41, 5.74) is -1.42. The van der Waals surface area contributed by atoms with Crippen LogP contribution in [0.2, 0.25) is 0 Å². The van der Waals surface area contributed by atoms with E-state index in [-0.39, 0.29) is 32.2 Å². The van der Waals surface area contributed by atoms with Gasteiger partial charge in [-0.25, -0.2) is 14.6 Å². The normalized spacial score (nSPS) is 11.4. The van der Waals surface area contributed by atoms with Gasteiger partial charge in [-0.2, -0.15) is 13.2 Å². The quantitative estimate of drug-likeness (QED) is 0.571. The molecule has 0 radical (unpaired) electrons. The molecule has 0 N–H and O–H groups in total. The van der Waals surface area contributed by atoms with E-state index in [0.717, 1.165) is 35.8 Å². The molecule has 142 valence electrons. The predicted molar refractivity (Wildman–Crippen MR) is 91.7 cm³/mol. The minimum atomic E-state index is -4.76. The fourth-order valence-electron chi connectivity index (χ4n) is 2.20. The molecule has 0 aliphatic heterocycles. The maximum absolute atomic E-state index is 13.3. The molecule has 0 saturated carbocycles. The molecular weight excluding hydrogens is 407 g/mol. The summed E-state index contributed by atoms with van der Waals surface area (Å²) in [7, 11) is 2.30. The van der Waals surface area contributed by atoms with Gasteiger partial charge in [0.25, 0.3) is 0 Å². The molecule has 0 aromatic carbocycles. The number of ether oxygens (including phenoxy) is 3. The number of thiophene rings is 2. The van der Waals surface area contributed by atoms with Crippen molar-refractivity contribution in [1.29, 1.82) is 0 Å². The first-order valence-electron chi connectivity index (χ1n) is 7.17. The second-order valence-electron chi connectivity index (χ2n) is 5.03. The van der Waals surface area contributed by atoms with Crippen LogP contribution in [0.25, 0.3) is 10.9 Å². The first kappa shape index (κ1) is 19.1. The lowest BCUT2D eigenvalue weighted by atomic mass is 10.2. The Balaban J connectivity index is 2.17. The zero-order valence-electron chi connectivity index (χ0n) is 13.7. The Bertz CT molecular complexity index is 1020. The molecule has 3 heterocycles. The molecule has 0 spiro atoms. The van der Waals surface area contributed by atoms with Crippen molar-refractivity contribution in [2.45, 2.75) is 6.18 Å². The molecule has 3 aromatic heterocycles. The van der Waals surface area contributed by atoms with Gasteiger partial charge in [-0.3, -0.25) is 0 Å². The first-order valence-corrected chi connectivity index (χ1v) is 8.93. The Hall–Kier alpha value is -2.66. The van der Waals surface area contributed by atoms with Crippen molar-refractivity contribution in [2.75, 3.05) is 14.2 Å². The molecule has 0 aliphatic carbocycles. The summed E-state index contributed by atoms with van der Waals surface area (Å²) < 4.78 is 54.6. The van der Waals surface area contributed by atoms with Gasteiger partial charge in [-0.05, 0) is 11.4 Å². The van der Waals surface area contributed by atoms with Gasteiger partial charge in [0.15, 0.2) is 10.6 Å². The third kappa shape index (κ3) is 3.60. The molecule has 27 heavy (non-hydrogen) atoms. The van der Waals surface area contributed by atoms with Gasteiger partial charge in [0.05, 0.1) is 19.6 Å². The third-order valence-electron chi connectivity index (χ3n) is 3.41. The molecule has 11 heteroatoms. The molecule has 0 unspecified atom stereocenters. The van der Waals surface area contributed by atoms with E-state index in [1.807, 2.05) is 0 Å². The fourth-order valence-corrected chi connectivity index (χ4v) is 3.84. The zero-order chi connectivity index (χ0) is 19.8. The standard InChI is InChI=1S/C16H10F3NO5S2/c1-23-14(21)12-8(3-4-26-12)25-9-5-10(16(17,18)19)20-11-7(9)6-27-13(11)15(22)24-2/h3-6H,1-2H3. The van der Waals surface area contributed by atoms with Crippen LogP contribution in [-0.2, 0) is 15.7 Å². The summed E-state index contributed by atoms with van der Waals surface area (Å²) in [5.74, 6) is -1.64. The van der Waals surface area contributed by atoms with Crippen molar-refractivity contribution < 1.29 is 37.0 Å².